The van der Waals surface area contributed by atoms with Crippen molar-refractivity contribution < 1.29 is 9.09 Å². The molecule has 3 nitrogen and oxygen atoms in total. The van der Waals surface area contributed by atoms with Crippen molar-refractivity contribution in [2.45, 2.75) is 4.83 Å². The molecule has 2 rings (SSSR count). The second-order valence-corrected chi connectivity index (χ2v) is 8.46. The van der Waals surface area contributed by atoms with E-state index in [0.29, 0.717) is 11.9 Å². The molecule has 0 spiro atoms. The molecule has 0 saturated heterocycles. The minimum atomic E-state index is -3.16. The van der Waals surface area contributed by atoms with Crippen molar-refractivity contribution in [3.05, 3.63) is 60.7 Å². The molecule has 2 aromatic carbocycles. The van der Waals surface area contributed by atoms with Crippen molar-refractivity contribution in [3.63, 3.8) is 0 Å². The molecule has 0 saturated carbocycles. The van der Waals surface area contributed by atoms with E-state index in [0.717, 1.165) is 11.0 Å². The lowest BCUT2D eigenvalue weighted by atomic mass is 10.3. The van der Waals surface area contributed by atoms with Crippen LogP contribution in [0.25, 0.3) is 0 Å². The number of para-hydroxylation sites is 1. The van der Waals surface area contributed by atoms with Gasteiger partial charge in [0.1, 0.15) is 0 Å². The third kappa shape index (κ3) is 4.96. The van der Waals surface area contributed by atoms with Crippen LogP contribution in [-0.2, 0) is 9.09 Å². The van der Waals surface area contributed by atoms with Gasteiger partial charge in [0.25, 0.3) is 0 Å². The van der Waals surface area contributed by atoms with Gasteiger partial charge < -0.3 is 9.61 Å². The van der Waals surface area contributed by atoms with E-state index in [9.17, 15) is 4.57 Å². The highest BCUT2D eigenvalue weighted by Crippen LogP contribution is 2.45. The number of hydrogen-bond acceptors (Lipinski definition) is 2. The maximum absolute atomic E-state index is 13.2. The molecule has 0 fully saturated rings. The van der Waals surface area contributed by atoms with E-state index < -0.39 is 7.52 Å². The molecular formula is C15H16Br2NO2P. The minimum Gasteiger partial charge on any atom is -0.312 e. The summed E-state index contributed by atoms with van der Waals surface area (Å²) in [5, 5.41) is 4.43. The smallest absolute Gasteiger partial charge is 0.312 e. The Kier molecular flexibility index (Phi) is 6.49. The summed E-state index contributed by atoms with van der Waals surface area (Å²) < 4.78 is 19.0. The minimum absolute atomic E-state index is 0.104. The van der Waals surface area contributed by atoms with Gasteiger partial charge in [-0.25, -0.2) is 0 Å². The van der Waals surface area contributed by atoms with Gasteiger partial charge in [0.15, 0.2) is 0 Å². The monoisotopic (exact) mass is 431 g/mol. The van der Waals surface area contributed by atoms with Crippen molar-refractivity contribution in [1.82, 2.24) is 0 Å². The first-order chi connectivity index (χ1) is 10.1. The summed E-state index contributed by atoms with van der Waals surface area (Å²) in [6.45, 7) is 0.344. The normalized spacial score (nSPS) is 15.1. The number of alkyl halides is 2. The Morgan fingerprint density at radius 1 is 1.05 bits per heavy atom. The lowest BCUT2D eigenvalue weighted by Crippen LogP contribution is -2.18. The van der Waals surface area contributed by atoms with Crippen LogP contribution < -0.4 is 10.4 Å². The standard InChI is InChI=1S/C15H16Br2NO2P/c16-11-13(17)12-20-21(19,15-9-5-2-6-10-15)18-14-7-3-1-4-8-14/h1-10,13H,11-12H2,(H,18,19)/t13-,21+/m0/s1. The topological polar surface area (TPSA) is 38.3 Å². The highest BCUT2D eigenvalue weighted by atomic mass is 79.9. The fraction of sp³-hybridized carbons (Fsp3) is 0.200. The first kappa shape index (κ1) is 16.8. The summed E-state index contributed by atoms with van der Waals surface area (Å²) in [6, 6.07) is 18.7. The Morgan fingerprint density at radius 3 is 2.19 bits per heavy atom. The van der Waals surface area contributed by atoms with Gasteiger partial charge >= 0.3 is 7.52 Å². The summed E-state index contributed by atoms with van der Waals surface area (Å²) in [5.74, 6) is 0. The highest BCUT2D eigenvalue weighted by Gasteiger charge is 2.26. The molecule has 0 aromatic heterocycles. The quantitative estimate of drug-likeness (QED) is 0.504. The Hall–Kier alpha value is -0.610. The van der Waals surface area contributed by atoms with E-state index in [-0.39, 0.29) is 4.83 Å². The zero-order valence-electron chi connectivity index (χ0n) is 11.3. The zero-order chi connectivity index (χ0) is 15.1. The highest BCUT2D eigenvalue weighted by molar-refractivity contribution is 9.12. The van der Waals surface area contributed by atoms with E-state index in [1.54, 1.807) is 0 Å². The first-order valence-electron chi connectivity index (χ1n) is 6.47. The average Bonchev–Trinajstić information content (AvgIpc) is 2.54. The van der Waals surface area contributed by atoms with Crippen LogP contribution in [0.2, 0.25) is 0 Å². The second-order valence-electron chi connectivity index (χ2n) is 4.41. The fourth-order valence-electron chi connectivity index (χ4n) is 1.71. The number of anilines is 1. The van der Waals surface area contributed by atoms with Gasteiger partial charge in [-0.3, -0.25) is 4.57 Å². The molecule has 0 radical (unpaired) electrons. The van der Waals surface area contributed by atoms with Crippen LogP contribution in [0.4, 0.5) is 5.69 Å². The number of benzene rings is 2. The lowest BCUT2D eigenvalue weighted by Gasteiger charge is -2.22. The van der Waals surface area contributed by atoms with Crippen LogP contribution in [-0.4, -0.2) is 16.8 Å². The molecule has 2 aromatic rings. The molecule has 0 aliphatic carbocycles. The van der Waals surface area contributed by atoms with Crippen LogP contribution in [0.3, 0.4) is 0 Å². The van der Waals surface area contributed by atoms with E-state index >= 15 is 0 Å². The van der Waals surface area contributed by atoms with E-state index in [4.69, 9.17) is 4.52 Å². The molecule has 112 valence electrons. The number of hydrogen-bond donors (Lipinski definition) is 1. The van der Waals surface area contributed by atoms with Crippen LogP contribution in [0.5, 0.6) is 0 Å². The predicted octanol–water partition coefficient (Wildman–Crippen LogP) is 4.79. The van der Waals surface area contributed by atoms with Crippen molar-refractivity contribution in [3.8, 4) is 0 Å². The third-order valence-electron chi connectivity index (χ3n) is 2.75. The molecule has 6 heteroatoms. The first-order valence-corrected chi connectivity index (χ1v) is 10.1. The Bertz CT molecular complexity index is 595. The summed E-state index contributed by atoms with van der Waals surface area (Å²) in [6.07, 6.45) is 0. The molecule has 0 amide bonds. The molecule has 0 heterocycles. The second kappa shape index (κ2) is 8.14. The summed E-state index contributed by atoms with van der Waals surface area (Å²) in [4.78, 5) is 0.104. The Morgan fingerprint density at radius 2 is 1.62 bits per heavy atom. The van der Waals surface area contributed by atoms with E-state index in [1.165, 1.54) is 0 Å². The molecule has 2 atom stereocenters. The summed E-state index contributed by atoms with van der Waals surface area (Å²) >= 11 is 6.84. The molecule has 0 aliphatic heterocycles. The van der Waals surface area contributed by atoms with Gasteiger partial charge in [-0.1, -0.05) is 68.3 Å². The van der Waals surface area contributed by atoms with Crippen LogP contribution >= 0.6 is 39.4 Å². The van der Waals surface area contributed by atoms with Crippen molar-refractivity contribution in [2.75, 3.05) is 17.0 Å². The fourth-order valence-corrected chi connectivity index (χ4v) is 4.02. The molecule has 0 bridgehead atoms. The lowest BCUT2D eigenvalue weighted by molar-refractivity contribution is 0.331. The van der Waals surface area contributed by atoms with Gasteiger partial charge in [-0.15, -0.1) is 0 Å². The Balaban J connectivity index is 2.24. The van der Waals surface area contributed by atoms with Crippen LogP contribution in [0.15, 0.2) is 60.7 Å². The largest absolute Gasteiger partial charge is 0.323 e. The maximum Gasteiger partial charge on any atom is 0.323 e. The Labute approximate surface area is 141 Å². The molecule has 0 unspecified atom stereocenters. The summed E-state index contributed by atoms with van der Waals surface area (Å²) in [5.41, 5.74) is 0.773. The van der Waals surface area contributed by atoms with Crippen LogP contribution in [0.1, 0.15) is 0 Å². The van der Waals surface area contributed by atoms with Crippen molar-refractivity contribution in [1.29, 1.82) is 0 Å². The van der Waals surface area contributed by atoms with Gasteiger partial charge in [0.2, 0.25) is 0 Å². The third-order valence-corrected chi connectivity index (χ3v) is 7.03. The summed E-state index contributed by atoms with van der Waals surface area (Å²) in [7, 11) is -3.16. The maximum atomic E-state index is 13.2. The molecule has 1 N–H and O–H groups in total. The number of nitrogens with one attached hydrogen (secondary N) is 1. The van der Waals surface area contributed by atoms with Crippen molar-refractivity contribution in [2.24, 2.45) is 0 Å². The number of halogens is 2. The van der Waals surface area contributed by atoms with Gasteiger partial charge in [-0.2, -0.15) is 0 Å². The zero-order valence-corrected chi connectivity index (χ0v) is 15.4. The van der Waals surface area contributed by atoms with Gasteiger partial charge in [0.05, 0.1) is 11.9 Å². The predicted molar refractivity (Wildman–Crippen MR) is 96.2 cm³/mol. The van der Waals surface area contributed by atoms with Crippen molar-refractivity contribution >= 4 is 50.4 Å². The van der Waals surface area contributed by atoms with E-state index in [1.807, 2.05) is 60.7 Å². The molecule has 0 aliphatic rings. The molecule has 21 heavy (non-hydrogen) atoms. The van der Waals surface area contributed by atoms with Gasteiger partial charge in [-0.05, 0) is 24.3 Å². The molecular weight excluding hydrogens is 417 g/mol. The van der Waals surface area contributed by atoms with E-state index in [2.05, 4.69) is 36.9 Å². The van der Waals surface area contributed by atoms with Gasteiger partial charge in [0, 0.05) is 15.8 Å². The number of rotatable bonds is 7. The van der Waals surface area contributed by atoms with Crippen LogP contribution in [0, 0.1) is 0 Å². The SMILES string of the molecule is O=[P@@](Nc1ccccc1)(OC[C@@H](Br)CBr)c1ccccc1. The average molecular weight is 433 g/mol.